The van der Waals surface area contributed by atoms with Crippen LogP contribution in [0, 0.1) is 0 Å². The van der Waals surface area contributed by atoms with E-state index < -0.39 is 9.73 Å². The van der Waals surface area contributed by atoms with E-state index >= 15 is 0 Å². The van der Waals surface area contributed by atoms with Gasteiger partial charge in [-0.25, -0.2) is 4.21 Å². The fourth-order valence-electron chi connectivity index (χ4n) is 1.80. The predicted octanol–water partition coefficient (Wildman–Crippen LogP) is 3.52. The fourth-order valence-corrected chi connectivity index (χ4v) is 4.47. The van der Waals surface area contributed by atoms with Gasteiger partial charge in [0.05, 0.1) is 14.6 Å². The van der Waals surface area contributed by atoms with Gasteiger partial charge in [-0.15, -0.1) is 11.3 Å². The van der Waals surface area contributed by atoms with Gasteiger partial charge in [0.15, 0.2) is 0 Å². The van der Waals surface area contributed by atoms with E-state index in [1.807, 2.05) is 35.7 Å². The van der Waals surface area contributed by atoms with Gasteiger partial charge in [0, 0.05) is 17.4 Å². The molecular formula is C11H9NOS2. The van der Waals surface area contributed by atoms with Gasteiger partial charge in [-0.3, -0.25) is 0 Å². The zero-order chi connectivity index (χ0) is 10.5. The monoisotopic (exact) mass is 235 g/mol. The zero-order valence-corrected chi connectivity index (χ0v) is 9.77. The molecule has 1 atom stereocenters. The maximum atomic E-state index is 12.3. The van der Waals surface area contributed by atoms with E-state index in [2.05, 4.69) is 4.36 Å². The minimum atomic E-state index is -2.24. The smallest absolute Gasteiger partial charge is 0.134 e. The molecule has 76 valence electrons. The molecule has 0 fully saturated rings. The highest BCUT2D eigenvalue weighted by Gasteiger charge is 2.21. The highest BCUT2D eigenvalue weighted by molar-refractivity contribution is 7.93. The molecule has 0 N–H and O–H groups in total. The molecular weight excluding hydrogens is 226 g/mol. The van der Waals surface area contributed by atoms with Crippen molar-refractivity contribution in [2.24, 2.45) is 4.36 Å². The Labute approximate surface area is 92.8 Å². The van der Waals surface area contributed by atoms with Crippen LogP contribution in [0.3, 0.4) is 0 Å². The molecule has 0 radical (unpaired) electrons. The second kappa shape index (κ2) is 2.93. The third kappa shape index (κ3) is 1.25. The summed E-state index contributed by atoms with van der Waals surface area (Å²) in [7, 11) is -2.24. The molecule has 1 aromatic heterocycles. The summed E-state index contributed by atoms with van der Waals surface area (Å²) in [6, 6.07) is 9.84. The second-order valence-corrected chi connectivity index (χ2v) is 6.65. The summed E-state index contributed by atoms with van der Waals surface area (Å²) in [5, 5.41) is 2.88. The maximum Gasteiger partial charge on any atom is 0.134 e. The molecule has 3 rings (SSSR count). The molecule has 0 bridgehead atoms. The van der Waals surface area contributed by atoms with Gasteiger partial charge in [0.2, 0.25) is 0 Å². The van der Waals surface area contributed by atoms with Crippen molar-refractivity contribution in [3.8, 4) is 11.1 Å². The average Bonchev–Trinajstić information content (AvgIpc) is 2.65. The van der Waals surface area contributed by atoms with Crippen LogP contribution in [0.15, 0.2) is 45.0 Å². The lowest BCUT2D eigenvalue weighted by Gasteiger charge is -2.15. The van der Waals surface area contributed by atoms with Crippen LogP contribution >= 0.6 is 11.3 Å². The normalized spacial score (nSPS) is 22.7. The Morgan fingerprint density at radius 3 is 2.87 bits per heavy atom. The molecule has 1 aliphatic heterocycles. The van der Waals surface area contributed by atoms with E-state index in [1.165, 1.54) is 0 Å². The van der Waals surface area contributed by atoms with Gasteiger partial charge < -0.3 is 0 Å². The lowest BCUT2D eigenvalue weighted by atomic mass is 10.1. The summed E-state index contributed by atoms with van der Waals surface area (Å²) in [5.41, 5.74) is 2.17. The minimum Gasteiger partial charge on any atom is -0.245 e. The summed E-state index contributed by atoms with van der Waals surface area (Å²) in [5.74, 6) is 0. The molecule has 1 aromatic carbocycles. The Kier molecular flexibility index (Phi) is 1.78. The zero-order valence-electron chi connectivity index (χ0n) is 8.14. The maximum absolute atomic E-state index is 12.3. The van der Waals surface area contributed by atoms with E-state index in [1.54, 1.807) is 17.6 Å². The fraction of sp³-hybridized carbons (Fsp3) is 0.0909. The standard InChI is InChI=1S/C11H9NOS2/c1-15(13)10-5-3-2-4-8(10)9-6-7-14-11(9)12-15/h2-7H,1H3. The van der Waals surface area contributed by atoms with Crippen LogP contribution in [0.2, 0.25) is 0 Å². The third-order valence-electron chi connectivity index (χ3n) is 2.49. The number of hydrogen-bond donors (Lipinski definition) is 0. The molecule has 0 aliphatic carbocycles. The van der Waals surface area contributed by atoms with E-state index in [9.17, 15) is 4.21 Å². The van der Waals surface area contributed by atoms with Gasteiger partial charge in [-0.1, -0.05) is 18.2 Å². The van der Waals surface area contributed by atoms with Gasteiger partial charge in [-0.05, 0) is 17.5 Å². The number of hydrogen-bond acceptors (Lipinski definition) is 3. The highest BCUT2D eigenvalue weighted by Crippen LogP contribution is 2.43. The van der Waals surface area contributed by atoms with Gasteiger partial charge >= 0.3 is 0 Å². The number of rotatable bonds is 0. The minimum absolute atomic E-state index is 0.857. The number of thiophene rings is 1. The van der Waals surface area contributed by atoms with Crippen molar-refractivity contribution in [3.63, 3.8) is 0 Å². The van der Waals surface area contributed by atoms with Crippen molar-refractivity contribution >= 4 is 26.1 Å². The first-order valence-electron chi connectivity index (χ1n) is 4.57. The van der Waals surface area contributed by atoms with Crippen molar-refractivity contribution in [1.82, 2.24) is 0 Å². The first-order valence-corrected chi connectivity index (χ1v) is 7.38. The molecule has 0 amide bonds. The van der Waals surface area contributed by atoms with E-state index in [4.69, 9.17) is 0 Å². The quantitative estimate of drug-likeness (QED) is 0.687. The van der Waals surface area contributed by atoms with Gasteiger partial charge in [0.25, 0.3) is 0 Å². The van der Waals surface area contributed by atoms with E-state index in [-0.39, 0.29) is 0 Å². The van der Waals surface area contributed by atoms with Gasteiger partial charge in [0.1, 0.15) is 5.00 Å². The number of benzene rings is 1. The Morgan fingerprint density at radius 2 is 2.00 bits per heavy atom. The van der Waals surface area contributed by atoms with Crippen LogP contribution in [0.1, 0.15) is 0 Å². The first kappa shape index (κ1) is 9.12. The molecule has 1 aliphatic rings. The van der Waals surface area contributed by atoms with E-state index in [0.717, 1.165) is 21.0 Å². The highest BCUT2D eigenvalue weighted by atomic mass is 32.2. The van der Waals surface area contributed by atoms with Gasteiger partial charge in [-0.2, -0.15) is 4.36 Å². The molecule has 0 saturated heterocycles. The number of fused-ring (bicyclic) bond motifs is 3. The topological polar surface area (TPSA) is 29.4 Å². The first-order chi connectivity index (χ1) is 7.18. The summed E-state index contributed by atoms with van der Waals surface area (Å²) < 4.78 is 16.7. The Hall–Kier alpha value is -1.13. The summed E-state index contributed by atoms with van der Waals surface area (Å²) in [6.07, 6.45) is 1.70. The van der Waals surface area contributed by atoms with Crippen LogP contribution < -0.4 is 0 Å². The molecule has 15 heavy (non-hydrogen) atoms. The van der Waals surface area contributed by atoms with Crippen molar-refractivity contribution in [3.05, 3.63) is 35.7 Å². The van der Waals surface area contributed by atoms with E-state index in [0.29, 0.717) is 0 Å². The van der Waals surface area contributed by atoms with Crippen molar-refractivity contribution in [2.45, 2.75) is 4.90 Å². The van der Waals surface area contributed by atoms with Crippen molar-refractivity contribution < 1.29 is 4.21 Å². The second-order valence-electron chi connectivity index (χ2n) is 3.53. The SMILES string of the molecule is CS1(=O)=Nc2sccc2-c2ccccc21. The predicted molar refractivity (Wildman–Crippen MR) is 64.2 cm³/mol. The average molecular weight is 235 g/mol. The van der Waals surface area contributed by atoms with Crippen LogP contribution in [0.4, 0.5) is 5.00 Å². The molecule has 0 saturated carbocycles. The molecule has 1 unspecified atom stereocenters. The third-order valence-corrected chi connectivity index (χ3v) is 5.11. The van der Waals surface area contributed by atoms with Crippen molar-refractivity contribution in [2.75, 3.05) is 6.26 Å². The Bertz CT molecular complexity index is 648. The van der Waals surface area contributed by atoms with Crippen LogP contribution in [0.25, 0.3) is 11.1 Å². The lowest BCUT2D eigenvalue weighted by molar-refractivity contribution is 0.680. The lowest BCUT2D eigenvalue weighted by Crippen LogP contribution is -2.02. The molecule has 2 heterocycles. The molecule has 0 spiro atoms. The van der Waals surface area contributed by atoms with Crippen LogP contribution in [-0.4, -0.2) is 10.5 Å². The van der Waals surface area contributed by atoms with Crippen molar-refractivity contribution in [1.29, 1.82) is 0 Å². The molecule has 2 aromatic rings. The Balaban J connectivity index is 2.51. The summed E-state index contributed by atoms with van der Waals surface area (Å²) in [6.45, 7) is 0. The Morgan fingerprint density at radius 1 is 1.20 bits per heavy atom. The largest absolute Gasteiger partial charge is 0.245 e. The summed E-state index contributed by atoms with van der Waals surface area (Å²) >= 11 is 1.55. The van der Waals surface area contributed by atoms with Crippen LogP contribution in [0.5, 0.6) is 0 Å². The molecule has 4 heteroatoms. The number of nitrogens with zero attached hydrogens (tertiary/aromatic N) is 1. The molecule has 2 nitrogen and oxygen atoms in total. The summed E-state index contributed by atoms with van der Waals surface area (Å²) in [4.78, 5) is 0.857. The van der Waals surface area contributed by atoms with Crippen LogP contribution in [-0.2, 0) is 9.73 Å².